The second-order valence-electron chi connectivity index (χ2n) is 9.86. The highest BCUT2D eigenvalue weighted by molar-refractivity contribution is 6.39. The summed E-state index contributed by atoms with van der Waals surface area (Å²) in [6, 6.07) is 3.89. The van der Waals surface area contributed by atoms with Gasteiger partial charge in [0, 0.05) is 25.4 Å². The highest BCUT2D eigenvalue weighted by Gasteiger charge is 2.59. The number of carbonyl (C=O) groups is 5. The molecule has 0 aromatic heterocycles. The van der Waals surface area contributed by atoms with Gasteiger partial charge in [-0.15, -0.1) is 13.2 Å². The zero-order chi connectivity index (χ0) is 27.7. The summed E-state index contributed by atoms with van der Waals surface area (Å²) in [5.41, 5.74) is -1.19. The van der Waals surface area contributed by atoms with Crippen molar-refractivity contribution in [1.82, 2.24) is 15.5 Å². The van der Waals surface area contributed by atoms with E-state index in [1.54, 1.807) is 0 Å². The first-order valence-corrected chi connectivity index (χ1v) is 12.0. The van der Waals surface area contributed by atoms with Gasteiger partial charge in [0.25, 0.3) is 0 Å². The molecule has 3 heterocycles. The lowest BCUT2D eigenvalue weighted by Crippen LogP contribution is -2.55. The minimum absolute atomic E-state index is 0.0489. The van der Waals surface area contributed by atoms with Gasteiger partial charge >= 0.3 is 18.2 Å². The lowest BCUT2D eigenvalue weighted by atomic mass is 9.71. The number of carbonyl (C=O) groups excluding carboxylic acids is 5. The van der Waals surface area contributed by atoms with E-state index in [1.165, 1.54) is 23.1 Å². The number of hydrogen-bond donors (Lipinski definition) is 3. The quantitative estimate of drug-likeness (QED) is 0.318. The van der Waals surface area contributed by atoms with Crippen LogP contribution in [0.1, 0.15) is 32.1 Å². The molecule has 3 saturated heterocycles. The molecule has 3 N–H and O–H groups in total. The number of para-hydroxylation sites is 1. The maximum Gasteiger partial charge on any atom is 0.522 e. The number of ether oxygens (including phenoxy) is 1. The Morgan fingerprint density at radius 2 is 1.89 bits per heavy atom. The number of Topliss-reactive ketones (excluding diaryl/α,β-unsaturated/α-hetero) is 1. The van der Waals surface area contributed by atoms with Crippen LogP contribution in [0.25, 0.3) is 0 Å². The van der Waals surface area contributed by atoms with E-state index in [2.05, 4.69) is 20.7 Å². The van der Waals surface area contributed by atoms with Crippen molar-refractivity contribution in [3.8, 4) is 0 Å². The van der Waals surface area contributed by atoms with Crippen molar-refractivity contribution < 1.29 is 46.3 Å². The molecular formula is C24H26F4N4O6. The molecule has 1 saturated carbocycles. The first-order chi connectivity index (χ1) is 17.9. The van der Waals surface area contributed by atoms with Crippen LogP contribution in [0.5, 0.6) is 0 Å². The van der Waals surface area contributed by atoms with Crippen LogP contribution in [0.15, 0.2) is 24.3 Å². The number of anilines is 1. The summed E-state index contributed by atoms with van der Waals surface area (Å²) in [7, 11) is 0. The summed E-state index contributed by atoms with van der Waals surface area (Å²) < 4.78 is 54.9. The number of nitrogens with one attached hydrogen (secondary N) is 3. The molecule has 4 amide bonds. The van der Waals surface area contributed by atoms with Crippen molar-refractivity contribution >= 4 is 35.1 Å². The van der Waals surface area contributed by atoms with E-state index in [4.69, 9.17) is 0 Å². The molecule has 206 valence electrons. The summed E-state index contributed by atoms with van der Waals surface area (Å²) >= 11 is 0. The van der Waals surface area contributed by atoms with Crippen LogP contribution < -0.4 is 16.0 Å². The molecule has 0 radical (unpaired) electrons. The van der Waals surface area contributed by atoms with Crippen LogP contribution in [0.3, 0.4) is 0 Å². The Balaban J connectivity index is 1.41. The molecule has 0 spiro atoms. The number of rotatable bonds is 9. The van der Waals surface area contributed by atoms with Crippen molar-refractivity contribution in [1.29, 1.82) is 0 Å². The Bertz CT molecular complexity index is 1140. The highest BCUT2D eigenvalue weighted by Crippen LogP contribution is 2.52. The maximum absolute atomic E-state index is 13.9. The predicted octanol–water partition coefficient (Wildman–Crippen LogP) is 1.26. The molecule has 2 atom stereocenters. The molecule has 1 aromatic carbocycles. The highest BCUT2D eigenvalue weighted by atomic mass is 19.4. The van der Waals surface area contributed by atoms with E-state index in [1.807, 2.05) is 0 Å². The number of amides is 4. The van der Waals surface area contributed by atoms with Crippen molar-refractivity contribution in [2.45, 2.75) is 50.0 Å². The lowest BCUT2D eigenvalue weighted by molar-refractivity contribution is -0.321. The minimum atomic E-state index is -5.05. The lowest BCUT2D eigenvalue weighted by Gasteiger charge is -2.41. The molecule has 4 aliphatic rings. The zero-order valence-electron chi connectivity index (χ0n) is 20.1. The average Bonchev–Trinajstić information content (AvgIpc) is 3.50. The summed E-state index contributed by atoms with van der Waals surface area (Å²) in [4.78, 5) is 64.1. The van der Waals surface area contributed by atoms with Gasteiger partial charge in [-0.25, -0.2) is 4.39 Å². The van der Waals surface area contributed by atoms with E-state index >= 15 is 0 Å². The third kappa shape index (κ3) is 6.11. The van der Waals surface area contributed by atoms with Crippen LogP contribution in [0.2, 0.25) is 0 Å². The Morgan fingerprint density at radius 3 is 2.53 bits per heavy atom. The first-order valence-electron chi connectivity index (χ1n) is 12.0. The fourth-order valence-corrected chi connectivity index (χ4v) is 5.44. The number of benzene rings is 1. The molecule has 0 unspecified atom stereocenters. The van der Waals surface area contributed by atoms with E-state index in [9.17, 15) is 41.5 Å². The van der Waals surface area contributed by atoms with E-state index in [0.717, 1.165) is 6.07 Å². The Hall–Kier alpha value is -3.55. The molecule has 38 heavy (non-hydrogen) atoms. The molecule has 10 nitrogen and oxygen atoms in total. The third-order valence-electron chi connectivity index (χ3n) is 7.19. The van der Waals surface area contributed by atoms with Crippen LogP contribution in [-0.4, -0.2) is 72.0 Å². The molecule has 3 aliphatic heterocycles. The van der Waals surface area contributed by atoms with Gasteiger partial charge in [0.2, 0.25) is 11.8 Å². The predicted molar refractivity (Wildman–Crippen MR) is 121 cm³/mol. The molecule has 2 bridgehead atoms. The van der Waals surface area contributed by atoms with Gasteiger partial charge < -0.3 is 20.9 Å². The van der Waals surface area contributed by atoms with E-state index in [-0.39, 0.29) is 36.9 Å². The second-order valence-corrected chi connectivity index (χ2v) is 9.86. The van der Waals surface area contributed by atoms with Gasteiger partial charge in [-0.2, -0.15) is 0 Å². The summed E-state index contributed by atoms with van der Waals surface area (Å²) in [6.07, 6.45) is -4.38. The summed E-state index contributed by atoms with van der Waals surface area (Å²) in [5, 5.41) is 7.19. The van der Waals surface area contributed by atoms with E-state index in [0.29, 0.717) is 25.8 Å². The van der Waals surface area contributed by atoms with Crippen molar-refractivity contribution in [2.75, 3.05) is 25.0 Å². The molecule has 4 fully saturated rings. The minimum Gasteiger partial charge on any atom is -0.356 e. The molecule has 14 heteroatoms. The smallest absolute Gasteiger partial charge is 0.356 e. The van der Waals surface area contributed by atoms with Gasteiger partial charge in [-0.1, -0.05) is 12.1 Å². The Morgan fingerprint density at radius 1 is 1.18 bits per heavy atom. The number of ketones is 1. The van der Waals surface area contributed by atoms with Gasteiger partial charge in [-0.05, 0) is 43.7 Å². The van der Waals surface area contributed by atoms with Crippen LogP contribution >= 0.6 is 0 Å². The van der Waals surface area contributed by atoms with Gasteiger partial charge in [0.1, 0.15) is 12.4 Å². The van der Waals surface area contributed by atoms with Gasteiger partial charge in [0.05, 0.1) is 17.3 Å². The van der Waals surface area contributed by atoms with Crippen molar-refractivity contribution in [3.05, 3.63) is 30.1 Å². The number of hydrogen-bond acceptors (Lipinski definition) is 6. The van der Waals surface area contributed by atoms with Crippen molar-refractivity contribution in [3.63, 3.8) is 0 Å². The van der Waals surface area contributed by atoms with Crippen LogP contribution in [-0.2, 0) is 28.7 Å². The summed E-state index contributed by atoms with van der Waals surface area (Å²) in [5.74, 6) is -5.52. The number of nitrogens with zero attached hydrogens (tertiary/aromatic N) is 1. The fraction of sp³-hybridized carbons (Fsp3) is 0.542. The monoisotopic (exact) mass is 542 g/mol. The number of alkyl halides is 3. The SMILES string of the molecule is O=C(CC12CC(CN1C(=O)C(=O)Nc1ccccc1F)C2)N[C@@H](C[C@@H]1CCNC1=O)C(=O)COC(F)(F)F. The largest absolute Gasteiger partial charge is 0.522 e. The van der Waals surface area contributed by atoms with Gasteiger partial charge in [0.15, 0.2) is 5.78 Å². The number of halogens is 4. The standard InChI is InChI=1S/C24H26F4N4O6/c25-15-3-1-2-4-16(15)31-21(36)22(37)32-11-13-8-23(32,9-13)10-19(34)30-17(7-14-5-6-29-20(14)35)18(33)12-38-24(26,27)28/h1-4,13-14,17H,5-12H2,(H,29,35)(H,30,34)(H,31,36)/t13?,14-,17-,23?/m0/s1. The van der Waals surface area contributed by atoms with Crippen LogP contribution in [0, 0.1) is 17.7 Å². The second kappa shape index (κ2) is 10.7. The van der Waals surface area contributed by atoms with Gasteiger partial charge in [-0.3, -0.25) is 28.7 Å². The molecule has 5 rings (SSSR count). The van der Waals surface area contributed by atoms with Crippen molar-refractivity contribution in [2.24, 2.45) is 11.8 Å². The molecular weight excluding hydrogens is 516 g/mol. The number of fused-ring (bicyclic) bond motifs is 1. The molecule has 1 aliphatic carbocycles. The van der Waals surface area contributed by atoms with E-state index < -0.39 is 59.8 Å². The van der Waals surface area contributed by atoms with Crippen LogP contribution in [0.4, 0.5) is 23.2 Å². The Kier molecular flexibility index (Phi) is 7.72. The normalized spacial score (nSPS) is 24.8. The third-order valence-corrected chi connectivity index (χ3v) is 7.19. The molecule has 1 aromatic rings. The first kappa shape index (κ1) is 27.5. The summed E-state index contributed by atoms with van der Waals surface area (Å²) in [6.45, 7) is -0.786. The zero-order valence-corrected chi connectivity index (χ0v) is 20.1. The Labute approximate surface area is 214 Å². The average molecular weight is 542 g/mol. The maximum atomic E-state index is 13.9. The topological polar surface area (TPSA) is 134 Å². The fourth-order valence-electron chi connectivity index (χ4n) is 5.44.